The van der Waals surface area contributed by atoms with Crippen molar-refractivity contribution in [3.05, 3.63) is 0 Å². The van der Waals surface area contributed by atoms with Gasteiger partial charge in [0.05, 0.1) is 9.68 Å². The van der Waals surface area contributed by atoms with E-state index in [9.17, 15) is 0 Å². The first kappa shape index (κ1) is 16.5. The van der Waals surface area contributed by atoms with Crippen LogP contribution in [0.4, 0.5) is 0 Å². The van der Waals surface area contributed by atoms with Crippen LogP contribution in [0.3, 0.4) is 0 Å². The third-order valence-corrected chi connectivity index (χ3v) is 17.8. The van der Waals surface area contributed by atoms with Crippen molar-refractivity contribution in [2.45, 2.75) is 40.4 Å². The van der Waals surface area contributed by atoms with E-state index in [0.717, 1.165) is 0 Å². The molecule has 0 rings (SSSR count). The van der Waals surface area contributed by atoms with Crippen LogP contribution in [0, 0.1) is 0 Å². The predicted octanol–water partition coefficient (Wildman–Crippen LogP) is 0.414. The van der Waals surface area contributed by atoms with Gasteiger partial charge < -0.3 is 13.0 Å². The molecule has 0 aromatic carbocycles. The second-order valence-electron chi connectivity index (χ2n) is 4.39. The van der Waals surface area contributed by atoms with Gasteiger partial charge in [0.2, 0.25) is 0 Å². The third-order valence-electron chi connectivity index (χ3n) is 3.80. The SMILES string of the molecule is CCN(C)[SiH](C)N([SiH2]C)[SiH](C)N(CC)CC. The average Bonchev–Trinajstić information content (AvgIpc) is 2.30. The van der Waals surface area contributed by atoms with Crippen LogP contribution >= 0.6 is 0 Å². The van der Waals surface area contributed by atoms with Crippen molar-refractivity contribution in [2.75, 3.05) is 26.7 Å². The second-order valence-corrected chi connectivity index (χ2v) is 13.3. The molecule has 0 bridgehead atoms. The standard InChI is InChI=1S/C10H31N3Si3/c1-8-11(4)15(6)13(14-5)16(7)12(9-2)10-3/h15-16H,8-10,14H2,1-7H3. The van der Waals surface area contributed by atoms with E-state index in [0.29, 0.717) is 0 Å². The zero-order valence-corrected chi connectivity index (χ0v) is 16.0. The quantitative estimate of drug-likeness (QED) is 0.595. The minimum absolute atomic E-state index is 0.00704. The van der Waals surface area contributed by atoms with Gasteiger partial charge in [-0.25, -0.2) is 0 Å². The summed E-state index contributed by atoms with van der Waals surface area (Å²) >= 11 is 0. The van der Waals surface area contributed by atoms with Crippen LogP contribution in [0.15, 0.2) is 0 Å². The monoisotopic (exact) mass is 277 g/mol. The zero-order chi connectivity index (χ0) is 12.7. The third kappa shape index (κ3) is 4.42. The van der Waals surface area contributed by atoms with Crippen molar-refractivity contribution in [1.82, 2.24) is 13.0 Å². The van der Waals surface area contributed by atoms with Gasteiger partial charge in [0.25, 0.3) is 0 Å². The van der Waals surface area contributed by atoms with Crippen molar-refractivity contribution in [3.63, 3.8) is 0 Å². The smallest absolute Gasteiger partial charge is 0.173 e. The highest BCUT2D eigenvalue weighted by Crippen LogP contribution is 2.06. The number of hydrogen-bond acceptors (Lipinski definition) is 3. The molecule has 0 saturated heterocycles. The summed E-state index contributed by atoms with van der Waals surface area (Å²) in [5.41, 5.74) is 0. The second kappa shape index (κ2) is 8.60. The maximum absolute atomic E-state index is 2.97. The molecule has 16 heavy (non-hydrogen) atoms. The van der Waals surface area contributed by atoms with Crippen molar-refractivity contribution >= 4 is 27.9 Å². The highest BCUT2D eigenvalue weighted by molar-refractivity contribution is 6.78. The fraction of sp³-hybridized carbons (Fsp3) is 1.00. The first-order valence-electron chi connectivity index (χ1n) is 6.73. The van der Waals surface area contributed by atoms with E-state index >= 15 is 0 Å². The van der Waals surface area contributed by atoms with Gasteiger partial charge in [-0.3, -0.25) is 0 Å². The summed E-state index contributed by atoms with van der Waals surface area (Å²) in [5.74, 6) is 0. The van der Waals surface area contributed by atoms with Gasteiger partial charge in [-0.2, -0.15) is 0 Å². The lowest BCUT2D eigenvalue weighted by Gasteiger charge is -2.41. The molecule has 98 valence electrons. The fourth-order valence-corrected chi connectivity index (χ4v) is 14.3. The molecular formula is C10H31N3Si3. The molecule has 0 aromatic rings. The van der Waals surface area contributed by atoms with E-state index in [1.54, 1.807) is 0 Å². The van der Waals surface area contributed by atoms with Gasteiger partial charge in [0.15, 0.2) is 18.2 Å². The lowest BCUT2D eigenvalue weighted by molar-refractivity contribution is 0.454. The normalized spacial score (nSPS) is 16.9. The van der Waals surface area contributed by atoms with Crippen LogP contribution in [0.2, 0.25) is 19.6 Å². The first-order valence-corrected chi connectivity index (χ1v) is 13.1. The Labute approximate surface area is 108 Å². The maximum Gasteiger partial charge on any atom is 0.173 e. The minimum Gasteiger partial charge on any atom is -0.354 e. The molecule has 0 aromatic heterocycles. The Morgan fingerprint density at radius 1 is 0.938 bits per heavy atom. The topological polar surface area (TPSA) is 9.72 Å². The Bertz CT molecular complexity index is 179. The average molecular weight is 278 g/mol. The Balaban J connectivity index is 4.57. The Kier molecular flexibility index (Phi) is 8.88. The number of rotatable bonds is 8. The van der Waals surface area contributed by atoms with Crippen LogP contribution in [0.1, 0.15) is 20.8 Å². The molecule has 0 saturated carbocycles. The minimum atomic E-state index is -0.812. The molecule has 0 N–H and O–H groups in total. The van der Waals surface area contributed by atoms with Crippen LogP contribution in [0.5, 0.6) is 0 Å². The Hall–Kier alpha value is 0.531. The summed E-state index contributed by atoms with van der Waals surface area (Å²) in [6.07, 6.45) is 0. The van der Waals surface area contributed by atoms with Gasteiger partial charge in [0.1, 0.15) is 0 Å². The zero-order valence-electron chi connectivity index (χ0n) is 12.3. The molecule has 3 nitrogen and oxygen atoms in total. The summed E-state index contributed by atoms with van der Waals surface area (Å²) in [4.78, 5) is 0. The van der Waals surface area contributed by atoms with Crippen LogP contribution in [-0.4, -0.2) is 67.6 Å². The van der Waals surface area contributed by atoms with E-state index in [4.69, 9.17) is 0 Å². The van der Waals surface area contributed by atoms with Crippen molar-refractivity contribution in [1.29, 1.82) is 0 Å². The first-order chi connectivity index (χ1) is 7.53. The van der Waals surface area contributed by atoms with E-state index in [1.807, 2.05) is 0 Å². The molecular weight excluding hydrogens is 246 g/mol. The molecule has 0 radical (unpaired) electrons. The summed E-state index contributed by atoms with van der Waals surface area (Å²) in [7, 11) is 0.680. The summed E-state index contributed by atoms with van der Waals surface area (Å²) < 4.78 is 8.28. The predicted molar refractivity (Wildman–Crippen MR) is 83.5 cm³/mol. The van der Waals surface area contributed by atoms with Gasteiger partial charge in [-0.15, -0.1) is 0 Å². The molecule has 0 aliphatic heterocycles. The van der Waals surface area contributed by atoms with Gasteiger partial charge >= 0.3 is 0 Å². The molecule has 0 spiro atoms. The summed E-state index contributed by atoms with van der Waals surface area (Å²) in [6.45, 7) is 18.0. The van der Waals surface area contributed by atoms with Crippen molar-refractivity contribution < 1.29 is 0 Å². The molecule has 2 atom stereocenters. The van der Waals surface area contributed by atoms with E-state index in [1.165, 1.54) is 19.6 Å². The van der Waals surface area contributed by atoms with Gasteiger partial charge in [-0.05, 0) is 39.8 Å². The summed E-state index contributed by atoms with van der Waals surface area (Å²) in [6, 6.07) is 0. The molecule has 6 heteroatoms. The van der Waals surface area contributed by atoms with Crippen molar-refractivity contribution in [3.8, 4) is 0 Å². The van der Waals surface area contributed by atoms with Gasteiger partial charge in [0, 0.05) is 0 Å². The number of nitrogens with zero attached hydrogens (tertiary/aromatic N) is 3. The van der Waals surface area contributed by atoms with Crippen LogP contribution < -0.4 is 0 Å². The lowest BCUT2D eigenvalue weighted by atomic mass is 10.7. The van der Waals surface area contributed by atoms with Crippen molar-refractivity contribution in [2.24, 2.45) is 0 Å². The fourth-order valence-electron chi connectivity index (χ4n) is 2.32. The molecule has 0 heterocycles. The van der Waals surface area contributed by atoms with E-state index in [-0.39, 0.29) is 9.68 Å². The Morgan fingerprint density at radius 2 is 1.44 bits per heavy atom. The number of hydrogen-bond donors (Lipinski definition) is 0. The van der Waals surface area contributed by atoms with Crippen LogP contribution in [-0.2, 0) is 0 Å². The molecule has 2 unspecified atom stereocenters. The van der Waals surface area contributed by atoms with Gasteiger partial charge in [-0.1, -0.05) is 27.3 Å². The molecule has 0 aliphatic carbocycles. The highest BCUT2D eigenvalue weighted by atomic mass is 28.4. The molecule has 0 fully saturated rings. The molecule has 0 aliphatic rings. The van der Waals surface area contributed by atoms with E-state index < -0.39 is 18.2 Å². The van der Waals surface area contributed by atoms with E-state index in [2.05, 4.69) is 60.5 Å². The highest BCUT2D eigenvalue weighted by Gasteiger charge is 2.26. The summed E-state index contributed by atoms with van der Waals surface area (Å²) in [5, 5.41) is 0. The Morgan fingerprint density at radius 3 is 1.75 bits per heavy atom. The molecule has 0 amide bonds. The lowest BCUT2D eigenvalue weighted by Crippen LogP contribution is -2.61. The maximum atomic E-state index is 2.97. The van der Waals surface area contributed by atoms with Crippen LogP contribution in [0.25, 0.3) is 0 Å². The largest absolute Gasteiger partial charge is 0.354 e.